The molecule has 0 bridgehead atoms. The lowest BCUT2D eigenvalue weighted by molar-refractivity contribution is -0.142. The molecule has 0 aliphatic carbocycles. The first-order valence-electron chi connectivity index (χ1n) is 7.16. The number of hydrogen-bond donors (Lipinski definition) is 3. The second-order valence-corrected chi connectivity index (χ2v) is 6.11. The lowest BCUT2D eigenvalue weighted by atomic mass is 10.2. The van der Waals surface area contributed by atoms with Gasteiger partial charge in [0.2, 0.25) is 5.91 Å². The van der Waals surface area contributed by atoms with E-state index < -0.39 is 17.8 Å². The lowest BCUT2D eigenvalue weighted by Crippen LogP contribution is -2.49. The number of hydrazine groups is 1. The monoisotopic (exact) mass is 431 g/mol. The van der Waals surface area contributed by atoms with Crippen molar-refractivity contribution >= 4 is 51.0 Å². The second kappa shape index (κ2) is 10.6. The van der Waals surface area contributed by atoms with Crippen LogP contribution in [0.1, 0.15) is 18.4 Å². The zero-order valence-electron chi connectivity index (χ0n) is 13.7. The van der Waals surface area contributed by atoms with Crippen molar-refractivity contribution in [1.82, 2.24) is 16.2 Å². The summed E-state index contributed by atoms with van der Waals surface area (Å²) in [7, 11) is 1.24. The van der Waals surface area contributed by atoms with E-state index in [0.29, 0.717) is 5.75 Å². The summed E-state index contributed by atoms with van der Waals surface area (Å²) in [5.41, 5.74) is 5.71. The van der Waals surface area contributed by atoms with Gasteiger partial charge >= 0.3 is 5.97 Å². The Morgan fingerprint density at radius 3 is 2.52 bits per heavy atom. The van der Waals surface area contributed by atoms with Crippen LogP contribution in [0.5, 0.6) is 5.75 Å². The quantitative estimate of drug-likeness (QED) is 0.351. The Morgan fingerprint density at radius 1 is 1.16 bits per heavy atom. The molecule has 1 aromatic carbocycles. The molecule has 0 fully saturated rings. The Kier molecular flexibility index (Phi) is 8.86. The fourth-order valence-corrected chi connectivity index (χ4v) is 2.34. The molecule has 3 N–H and O–H groups in total. The maximum absolute atomic E-state index is 11.7. The maximum Gasteiger partial charge on any atom is 0.306 e. The fourth-order valence-electron chi connectivity index (χ4n) is 1.57. The Bertz CT molecular complexity index is 669. The molecule has 8 nitrogen and oxygen atoms in total. The van der Waals surface area contributed by atoms with Gasteiger partial charge in [-0.25, -0.2) is 0 Å². The van der Waals surface area contributed by atoms with Crippen molar-refractivity contribution in [2.75, 3.05) is 13.7 Å². The summed E-state index contributed by atoms with van der Waals surface area (Å²) in [5, 5.41) is 2.22. The first-order chi connectivity index (χ1) is 11.8. The SMILES string of the molecule is COC(=O)CCC(=O)NC(=S)NNC(=O)COc1ccc(C)cc1Br. The van der Waals surface area contributed by atoms with E-state index in [0.717, 1.165) is 10.0 Å². The van der Waals surface area contributed by atoms with Crippen LogP contribution in [0.15, 0.2) is 22.7 Å². The Hall–Kier alpha value is -2.20. The van der Waals surface area contributed by atoms with Crippen molar-refractivity contribution < 1.29 is 23.9 Å². The summed E-state index contributed by atoms with van der Waals surface area (Å²) in [5.74, 6) is -0.934. The number of aryl methyl sites for hydroxylation is 1. The molecule has 1 rings (SSSR count). The van der Waals surface area contributed by atoms with Gasteiger partial charge in [-0.1, -0.05) is 6.07 Å². The van der Waals surface area contributed by atoms with Gasteiger partial charge in [0.1, 0.15) is 5.75 Å². The summed E-state index contributed by atoms with van der Waals surface area (Å²) in [6.45, 7) is 1.69. The van der Waals surface area contributed by atoms with E-state index in [1.807, 2.05) is 19.1 Å². The lowest BCUT2D eigenvalue weighted by Gasteiger charge is -2.12. The van der Waals surface area contributed by atoms with Crippen LogP contribution >= 0.6 is 28.1 Å². The van der Waals surface area contributed by atoms with E-state index in [4.69, 9.17) is 17.0 Å². The molecule has 0 aliphatic heterocycles. The van der Waals surface area contributed by atoms with Crippen LogP contribution in [0, 0.1) is 6.92 Å². The average Bonchev–Trinajstić information content (AvgIpc) is 2.57. The molecule has 0 saturated carbocycles. The van der Waals surface area contributed by atoms with Gasteiger partial charge in [0.05, 0.1) is 18.0 Å². The highest BCUT2D eigenvalue weighted by atomic mass is 79.9. The number of esters is 1. The van der Waals surface area contributed by atoms with Crippen LogP contribution in [0.2, 0.25) is 0 Å². The van der Waals surface area contributed by atoms with Crippen molar-refractivity contribution in [3.05, 3.63) is 28.2 Å². The van der Waals surface area contributed by atoms with Gasteiger partial charge in [0, 0.05) is 6.42 Å². The zero-order valence-corrected chi connectivity index (χ0v) is 16.1. The first kappa shape index (κ1) is 20.8. The van der Waals surface area contributed by atoms with Crippen LogP contribution in [0.25, 0.3) is 0 Å². The Labute approximate surface area is 158 Å². The summed E-state index contributed by atoms with van der Waals surface area (Å²) in [6.07, 6.45) is -0.135. The number of amides is 2. The van der Waals surface area contributed by atoms with Crippen LogP contribution in [0.4, 0.5) is 0 Å². The van der Waals surface area contributed by atoms with Gasteiger partial charge in [-0.15, -0.1) is 0 Å². The van der Waals surface area contributed by atoms with Gasteiger partial charge in [0.25, 0.3) is 5.91 Å². The first-order valence-corrected chi connectivity index (χ1v) is 8.36. The van der Waals surface area contributed by atoms with Crippen molar-refractivity contribution in [1.29, 1.82) is 0 Å². The highest BCUT2D eigenvalue weighted by Gasteiger charge is 2.10. The summed E-state index contributed by atoms with van der Waals surface area (Å²) < 4.78 is 10.5. The molecule has 2 amide bonds. The molecule has 0 aromatic heterocycles. The van der Waals surface area contributed by atoms with E-state index in [1.165, 1.54) is 7.11 Å². The smallest absolute Gasteiger partial charge is 0.306 e. The number of methoxy groups -OCH3 is 1. The van der Waals surface area contributed by atoms with Crippen molar-refractivity contribution in [3.63, 3.8) is 0 Å². The summed E-state index contributed by atoms with van der Waals surface area (Å²) >= 11 is 8.19. The summed E-state index contributed by atoms with van der Waals surface area (Å²) in [4.78, 5) is 34.1. The van der Waals surface area contributed by atoms with Crippen molar-refractivity contribution in [2.45, 2.75) is 19.8 Å². The average molecular weight is 432 g/mol. The van der Waals surface area contributed by atoms with E-state index in [-0.39, 0.29) is 24.6 Å². The molecule has 1 aromatic rings. The molecule has 0 radical (unpaired) electrons. The third kappa shape index (κ3) is 8.45. The molecule has 10 heteroatoms. The normalized spacial score (nSPS) is 9.72. The Morgan fingerprint density at radius 2 is 1.88 bits per heavy atom. The molecule has 25 heavy (non-hydrogen) atoms. The largest absolute Gasteiger partial charge is 0.483 e. The number of rotatable bonds is 6. The second-order valence-electron chi connectivity index (χ2n) is 4.85. The molecule has 136 valence electrons. The minimum atomic E-state index is -0.498. The molecule has 0 saturated heterocycles. The molecule has 0 atom stereocenters. The van der Waals surface area contributed by atoms with Crippen LogP contribution < -0.4 is 20.9 Å². The highest BCUT2D eigenvalue weighted by Crippen LogP contribution is 2.25. The minimum absolute atomic E-state index is 0.0590. The van der Waals surface area contributed by atoms with Gasteiger partial charge in [0.15, 0.2) is 11.7 Å². The number of ether oxygens (including phenoxy) is 2. The molecular formula is C15H18BrN3O5S. The molecular weight excluding hydrogens is 414 g/mol. The van der Waals surface area contributed by atoms with E-state index in [2.05, 4.69) is 36.8 Å². The van der Waals surface area contributed by atoms with E-state index in [9.17, 15) is 14.4 Å². The predicted octanol–water partition coefficient (Wildman–Crippen LogP) is 1.11. The number of hydrogen-bond acceptors (Lipinski definition) is 6. The van der Waals surface area contributed by atoms with Crippen LogP contribution in [-0.4, -0.2) is 36.6 Å². The number of halogens is 1. The van der Waals surface area contributed by atoms with E-state index in [1.54, 1.807) is 6.07 Å². The van der Waals surface area contributed by atoms with Crippen molar-refractivity contribution in [2.24, 2.45) is 0 Å². The number of carbonyl (C=O) groups is 3. The zero-order chi connectivity index (χ0) is 18.8. The van der Waals surface area contributed by atoms with Crippen molar-refractivity contribution in [3.8, 4) is 5.75 Å². The molecule has 0 heterocycles. The fraction of sp³-hybridized carbons (Fsp3) is 0.333. The van der Waals surface area contributed by atoms with Gasteiger partial charge < -0.3 is 14.8 Å². The highest BCUT2D eigenvalue weighted by molar-refractivity contribution is 9.10. The third-order valence-corrected chi connectivity index (χ3v) is 3.62. The molecule has 0 unspecified atom stereocenters. The topological polar surface area (TPSA) is 106 Å². The third-order valence-electron chi connectivity index (χ3n) is 2.80. The van der Waals surface area contributed by atoms with Crippen LogP contribution in [0.3, 0.4) is 0 Å². The van der Waals surface area contributed by atoms with Gasteiger partial charge in [-0.2, -0.15) is 0 Å². The number of nitrogens with one attached hydrogen (secondary N) is 3. The molecule has 0 aliphatic rings. The number of thiocarbonyl (C=S) groups is 1. The van der Waals surface area contributed by atoms with Gasteiger partial charge in [-0.05, 0) is 52.8 Å². The minimum Gasteiger partial charge on any atom is -0.483 e. The van der Waals surface area contributed by atoms with Crippen LogP contribution in [-0.2, 0) is 19.1 Å². The predicted molar refractivity (Wildman–Crippen MR) is 97.6 cm³/mol. The Balaban J connectivity index is 2.27. The number of benzene rings is 1. The maximum atomic E-state index is 11.7. The van der Waals surface area contributed by atoms with Gasteiger partial charge in [-0.3, -0.25) is 25.2 Å². The van der Waals surface area contributed by atoms with E-state index >= 15 is 0 Å². The number of carbonyl (C=O) groups excluding carboxylic acids is 3. The summed E-state index contributed by atoms with van der Waals surface area (Å²) in [6, 6.07) is 5.46. The molecule has 0 spiro atoms. The standard InChI is InChI=1S/C15H18BrN3O5S/c1-9-3-4-11(10(16)7-9)24-8-13(21)18-19-15(25)17-12(20)5-6-14(22)23-2/h3-4,7H,5-6,8H2,1-2H3,(H,18,21)(H2,17,19,20,25).